The van der Waals surface area contributed by atoms with Gasteiger partial charge in [0.15, 0.2) is 5.96 Å². The number of rotatable bonds is 4. The van der Waals surface area contributed by atoms with Gasteiger partial charge in [-0.25, -0.2) is 4.79 Å². The quantitative estimate of drug-likeness (QED) is 0.388. The van der Waals surface area contributed by atoms with Gasteiger partial charge in [0.25, 0.3) is 0 Å². The Morgan fingerprint density at radius 2 is 1.78 bits per heavy atom. The number of benzene rings is 2. The molecule has 0 bridgehead atoms. The fraction of sp³-hybridized carbons (Fsp3) is 0.150. The second-order valence-corrected chi connectivity index (χ2v) is 6.33. The van der Waals surface area contributed by atoms with E-state index in [1.165, 1.54) is 6.07 Å². The Balaban J connectivity index is 0.00000256. The zero-order valence-corrected chi connectivity index (χ0v) is 18.2. The number of hydrogen-bond acceptors (Lipinski definition) is 4. The minimum atomic E-state index is -4.69. The molecule has 0 fully saturated rings. The van der Waals surface area contributed by atoms with Crippen molar-refractivity contribution in [1.82, 2.24) is 4.98 Å². The van der Waals surface area contributed by atoms with Crippen LogP contribution in [0.25, 0.3) is 10.9 Å². The van der Waals surface area contributed by atoms with E-state index in [0.29, 0.717) is 5.52 Å². The summed E-state index contributed by atoms with van der Waals surface area (Å²) >= 11 is 0. The highest BCUT2D eigenvalue weighted by molar-refractivity contribution is 5.87. The standard InChI is InChI=1S/C20H17F3N4O3.2ClH/c1-11-2-4-13-9-14(5-6-16(13)26-11)30-17-7-3-12(8-15(17)20(21,22)23)10-29-19(28)27-18(24)25;;/h2-9H,10H2,1H3,(H4,24,25,27,28);2*1H. The Hall–Kier alpha value is -3.24. The summed E-state index contributed by atoms with van der Waals surface area (Å²) in [6.07, 6.45) is -5.80. The van der Waals surface area contributed by atoms with E-state index in [-0.39, 0.29) is 41.9 Å². The van der Waals surface area contributed by atoms with Crippen LogP contribution in [0.3, 0.4) is 0 Å². The van der Waals surface area contributed by atoms with Gasteiger partial charge in [-0.1, -0.05) is 12.1 Å². The van der Waals surface area contributed by atoms with Gasteiger partial charge in [-0.05, 0) is 48.9 Å². The molecule has 0 saturated carbocycles. The number of hydrogen-bond donors (Lipinski definition) is 2. The highest BCUT2D eigenvalue weighted by Crippen LogP contribution is 2.39. The van der Waals surface area contributed by atoms with Crippen LogP contribution in [-0.4, -0.2) is 17.0 Å². The van der Waals surface area contributed by atoms with E-state index < -0.39 is 30.4 Å². The molecule has 32 heavy (non-hydrogen) atoms. The molecule has 4 N–H and O–H groups in total. The van der Waals surface area contributed by atoms with E-state index >= 15 is 0 Å². The van der Waals surface area contributed by atoms with Crippen LogP contribution >= 0.6 is 24.8 Å². The normalized spacial score (nSPS) is 10.5. The molecule has 12 heteroatoms. The number of halogens is 5. The summed E-state index contributed by atoms with van der Waals surface area (Å²) in [5.74, 6) is -0.674. The third-order valence-electron chi connectivity index (χ3n) is 3.96. The van der Waals surface area contributed by atoms with Gasteiger partial charge >= 0.3 is 12.3 Å². The first-order chi connectivity index (χ1) is 14.1. The van der Waals surface area contributed by atoms with Crippen LogP contribution in [0, 0.1) is 6.92 Å². The van der Waals surface area contributed by atoms with Gasteiger partial charge in [0, 0.05) is 11.1 Å². The molecule has 3 rings (SSSR count). The molecule has 2 aromatic carbocycles. The highest BCUT2D eigenvalue weighted by atomic mass is 35.5. The molecule has 0 unspecified atom stereocenters. The van der Waals surface area contributed by atoms with Gasteiger partial charge in [-0.15, -0.1) is 29.8 Å². The molecule has 0 saturated heterocycles. The van der Waals surface area contributed by atoms with Crippen molar-refractivity contribution in [2.75, 3.05) is 0 Å². The van der Waals surface area contributed by atoms with E-state index in [0.717, 1.165) is 23.2 Å². The molecule has 7 nitrogen and oxygen atoms in total. The molecule has 0 aliphatic rings. The summed E-state index contributed by atoms with van der Waals surface area (Å²) < 4.78 is 50.9. The molecule has 0 spiro atoms. The largest absolute Gasteiger partial charge is 0.457 e. The average molecular weight is 491 g/mol. The fourth-order valence-electron chi connectivity index (χ4n) is 2.66. The Morgan fingerprint density at radius 3 is 2.44 bits per heavy atom. The Morgan fingerprint density at radius 1 is 1.06 bits per heavy atom. The zero-order valence-electron chi connectivity index (χ0n) is 16.6. The van der Waals surface area contributed by atoms with Crippen LogP contribution in [-0.2, 0) is 17.5 Å². The molecule has 0 aliphatic carbocycles. The zero-order chi connectivity index (χ0) is 21.9. The number of fused-ring (bicyclic) bond motifs is 1. The number of amides is 1. The van der Waals surface area contributed by atoms with E-state index in [9.17, 15) is 18.0 Å². The molecule has 1 aromatic heterocycles. The first kappa shape index (κ1) is 26.8. The number of carbonyl (C=O) groups excluding carboxylic acids is 1. The first-order valence-electron chi connectivity index (χ1n) is 8.63. The summed E-state index contributed by atoms with van der Waals surface area (Å²) in [4.78, 5) is 18.8. The minimum Gasteiger partial charge on any atom is -0.457 e. The molecular weight excluding hydrogens is 472 g/mol. The summed E-state index contributed by atoms with van der Waals surface area (Å²) in [6, 6.07) is 11.8. The summed E-state index contributed by atoms with van der Waals surface area (Å²) in [5, 5.41) is 0.731. The predicted molar refractivity (Wildman–Crippen MR) is 118 cm³/mol. The van der Waals surface area contributed by atoms with E-state index in [1.807, 2.05) is 13.0 Å². The molecule has 1 amide bonds. The molecule has 0 atom stereocenters. The van der Waals surface area contributed by atoms with Crippen molar-refractivity contribution in [3.8, 4) is 11.5 Å². The van der Waals surface area contributed by atoms with E-state index in [2.05, 4.69) is 9.98 Å². The van der Waals surface area contributed by atoms with Crippen LogP contribution in [0.2, 0.25) is 0 Å². The number of aryl methyl sites for hydroxylation is 1. The van der Waals surface area contributed by atoms with Crippen molar-refractivity contribution in [1.29, 1.82) is 0 Å². The van der Waals surface area contributed by atoms with Crippen molar-refractivity contribution in [2.24, 2.45) is 16.5 Å². The second-order valence-electron chi connectivity index (χ2n) is 6.33. The number of nitrogens with zero attached hydrogens (tertiary/aromatic N) is 2. The summed E-state index contributed by atoms with van der Waals surface area (Å²) in [5.41, 5.74) is 10.7. The van der Waals surface area contributed by atoms with Crippen LogP contribution in [0.5, 0.6) is 11.5 Å². The number of pyridine rings is 1. The highest BCUT2D eigenvalue weighted by Gasteiger charge is 2.35. The lowest BCUT2D eigenvalue weighted by molar-refractivity contribution is -0.138. The van der Waals surface area contributed by atoms with Gasteiger partial charge in [-0.2, -0.15) is 13.2 Å². The SMILES string of the molecule is Cc1ccc2cc(Oc3ccc(COC(=O)N=C(N)N)cc3C(F)(F)F)ccc2n1.Cl.Cl. The molecule has 3 aromatic rings. The fourth-order valence-corrected chi connectivity index (χ4v) is 2.66. The number of aromatic nitrogens is 1. The number of ether oxygens (including phenoxy) is 2. The maximum absolute atomic E-state index is 13.5. The van der Waals surface area contributed by atoms with Crippen LogP contribution < -0.4 is 16.2 Å². The molecule has 172 valence electrons. The minimum absolute atomic E-state index is 0. The number of aliphatic imine (C=N–C) groups is 1. The van der Waals surface area contributed by atoms with Gasteiger partial charge in [0.05, 0.1) is 11.1 Å². The first-order valence-corrected chi connectivity index (χ1v) is 8.63. The van der Waals surface area contributed by atoms with Crippen LogP contribution in [0.4, 0.5) is 18.0 Å². The average Bonchev–Trinajstić information content (AvgIpc) is 2.66. The van der Waals surface area contributed by atoms with Crippen molar-refractivity contribution in [3.63, 3.8) is 0 Å². The second kappa shape index (κ2) is 10.9. The van der Waals surface area contributed by atoms with Crippen molar-refractivity contribution >= 4 is 47.8 Å². The van der Waals surface area contributed by atoms with Crippen LogP contribution in [0.1, 0.15) is 16.8 Å². The van der Waals surface area contributed by atoms with Gasteiger partial charge < -0.3 is 20.9 Å². The topological polar surface area (TPSA) is 113 Å². The van der Waals surface area contributed by atoms with Crippen molar-refractivity contribution < 1.29 is 27.4 Å². The van der Waals surface area contributed by atoms with Crippen LogP contribution in [0.15, 0.2) is 53.5 Å². The Labute approximate surface area is 193 Å². The number of guanidine groups is 1. The summed E-state index contributed by atoms with van der Waals surface area (Å²) in [6.45, 7) is 1.40. The lowest BCUT2D eigenvalue weighted by Gasteiger charge is -2.15. The lowest BCUT2D eigenvalue weighted by Crippen LogP contribution is -2.24. The Kier molecular flexibility index (Phi) is 9.10. The number of nitrogens with two attached hydrogens (primary N) is 2. The molecule has 1 heterocycles. The molecular formula is C20H19Cl2F3N4O3. The lowest BCUT2D eigenvalue weighted by atomic mass is 10.1. The molecule has 0 aliphatic heterocycles. The van der Waals surface area contributed by atoms with Gasteiger partial charge in [0.2, 0.25) is 0 Å². The van der Waals surface area contributed by atoms with Crippen molar-refractivity contribution in [3.05, 3.63) is 65.4 Å². The van der Waals surface area contributed by atoms with Crippen molar-refractivity contribution in [2.45, 2.75) is 19.7 Å². The third kappa shape index (κ3) is 6.89. The maximum Gasteiger partial charge on any atom is 0.437 e. The number of alkyl halides is 3. The van der Waals surface area contributed by atoms with E-state index in [1.54, 1.807) is 24.3 Å². The Bertz CT molecular complexity index is 1140. The predicted octanol–water partition coefficient (Wildman–Crippen LogP) is 5.11. The number of carbonyl (C=O) groups is 1. The van der Waals surface area contributed by atoms with E-state index in [4.69, 9.17) is 20.9 Å². The maximum atomic E-state index is 13.5. The third-order valence-corrected chi connectivity index (χ3v) is 3.96. The van der Waals surface area contributed by atoms with Gasteiger partial charge in [-0.3, -0.25) is 4.98 Å². The monoisotopic (exact) mass is 490 g/mol. The summed E-state index contributed by atoms with van der Waals surface area (Å²) in [7, 11) is 0. The smallest absolute Gasteiger partial charge is 0.437 e. The molecule has 0 radical (unpaired) electrons. The van der Waals surface area contributed by atoms with Gasteiger partial charge in [0.1, 0.15) is 18.1 Å².